The maximum absolute atomic E-state index is 12.9. The van der Waals surface area contributed by atoms with Crippen LogP contribution < -0.4 is 10.9 Å². The summed E-state index contributed by atoms with van der Waals surface area (Å²) in [7, 11) is -1.94. The third-order valence-corrected chi connectivity index (χ3v) is 7.56. The van der Waals surface area contributed by atoms with Crippen molar-refractivity contribution in [1.82, 2.24) is 8.87 Å². The zero-order valence-corrected chi connectivity index (χ0v) is 18.6. The molecule has 1 fully saturated rings. The van der Waals surface area contributed by atoms with E-state index in [0.717, 1.165) is 32.1 Å². The van der Waals surface area contributed by atoms with E-state index in [0.29, 0.717) is 10.2 Å². The van der Waals surface area contributed by atoms with Crippen LogP contribution in [0.1, 0.15) is 32.1 Å². The quantitative estimate of drug-likeness (QED) is 0.685. The molecular formula is C20H24BrN3O4S. The topological polar surface area (TPSA) is 88.5 Å². The summed E-state index contributed by atoms with van der Waals surface area (Å²) in [4.78, 5) is 24.2. The van der Waals surface area contributed by atoms with E-state index < -0.39 is 10.0 Å². The average Bonchev–Trinajstić information content (AvgIpc) is 2.71. The number of anilines is 1. The highest BCUT2D eigenvalue weighted by atomic mass is 79.9. The summed E-state index contributed by atoms with van der Waals surface area (Å²) in [5.74, 6) is -0.375. The van der Waals surface area contributed by atoms with Crippen molar-refractivity contribution in [3.8, 4) is 0 Å². The van der Waals surface area contributed by atoms with Crippen molar-refractivity contribution < 1.29 is 13.2 Å². The second kappa shape index (κ2) is 9.23. The molecule has 0 aliphatic heterocycles. The van der Waals surface area contributed by atoms with Crippen LogP contribution in [0.4, 0.5) is 5.69 Å². The average molecular weight is 482 g/mol. The Balaban J connectivity index is 1.67. The van der Waals surface area contributed by atoms with Gasteiger partial charge >= 0.3 is 0 Å². The first-order chi connectivity index (χ1) is 13.8. The van der Waals surface area contributed by atoms with E-state index in [1.54, 1.807) is 31.4 Å². The maximum atomic E-state index is 12.9. The van der Waals surface area contributed by atoms with Crippen molar-refractivity contribution in [2.45, 2.75) is 49.6 Å². The molecule has 1 aliphatic carbocycles. The highest BCUT2D eigenvalue weighted by Crippen LogP contribution is 2.27. The van der Waals surface area contributed by atoms with Gasteiger partial charge in [-0.15, -0.1) is 0 Å². The molecule has 1 amide bonds. The van der Waals surface area contributed by atoms with Crippen LogP contribution >= 0.6 is 15.9 Å². The van der Waals surface area contributed by atoms with E-state index in [1.807, 2.05) is 0 Å². The van der Waals surface area contributed by atoms with Gasteiger partial charge in [0, 0.05) is 35.5 Å². The molecule has 29 heavy (non-hydrogen) atoms. The lowest BCUT2D eigenvalue weighted by atomic mass is 9.96. The Hall–Kier alpha value is -1.97. The lowest BCUT2D eigenvalue weighted by molar-refractivity contribution is -0.116. The maximum Gasteiger partial charge on any atom is 0.251 e. The molecule has 1 N–H and O–H groups in total. The first kappa shape index (κ1) is 21.7. The summed E-state index contributed by atoms with van der Waals surface area (Å²) in [6, 6.07) is 9.13. The van der Waals surface area contributed by atoms with E-state index in [1.165, 1.54) is 27.1 Å². The monoisotopic (exact) mass is 481 g/mol. The standard InChI is InChI=1S/C20H24BrN3O4S/c1-23(17-5-3-2-4-6-17)29(27,28)18-10-8-16(9-11-18)22-19(25)14-24-13-15(21)7-12-20(24)26/h7-13,17H,2-6,14H2,1H3,(H,22,25). The normalized spacial score (nSPS) is 15.4. The largest absolute Gasteiger partial charge is 0.325 e. The van der Waals surface area contributed by atoms with Crippen LogP contribution in [0, 0.1) is 0 Å². The van der Waals surface area contributed by atoms with Crippen LogP contribution in [-0.2, 0) is 21.4 Å². The van der Waals surface area contributed by atoms with Gasteiger partial charge in [-0.05, 0) is 59.1 Å². The van der Waals surface area contributed by atoms with E-state index in [2.05, 4.69) is 21.2 Å². The Bertz CT molecular complexity index is 1030. The Morgan fingerprint density at radius 1 is 1.14 bits per heavy atom. The molecule has 1 aliphatic rings. The summed E-state index contributed by atoms with van der Waals surface area (Å²) in [5.41, 5.74) is 0.188. The van der Waals surface area contributed by atoms with Gasteiger partial charge in [0.05, 0.1) is 4.90 Å². The van der Waals surface area contributed by atoms with Gasteiger partial charge in [-0.1, -0.05) is 19.3 Å². The number of carbonyl (C=O) groups excluding carboxylic acids is 1. The number of hydrogen-bond donors (Lipinski definition) is 1. The number of rotatable bonds is 6. The summed E-state index contributed by atoms with van der Waals surface area (Å²) >= 11 is 3.27. The number of nitrogens with zero attached hydrogens (tertiary/aromatic N) is 2. The number of aromatic nitrogens is 1. The molecule has 2 aromatic rings. The van der Waals surface area contributed by atoms with Crippen LogP contribution in [0.2, 0.25) is 0 Å². The van der Waals surface area contributed by atoms with Crippen molar-refractivity contribution in [3.63, 3.8) is 0 Å². The number of nitrogens with one attached hydrogen (secondary N) is 1. The summed E-state index contributed by atoms with van der Waals surface area (Å²) in [5, 5.41) is 2.69. The highest BCUT2D eigenvalue weighted by molar-refractivity contribution is 9.10. The number of hydrogen-bond acceptors (Lipinski definition) is 4. The molecule has 7 nitrogen and oxygen atoms in total. The van der Waals surface area contributed by atoms with Crippen LogP contribution in [0.5, 0.6) is 0 Å². The lowest BCUT2D eigenvalue weighted by Gasteiger charge is -2.30. The molecule has 0 radical (unpaired) electrons. The molecule has 3 rings (SSSR count). The number of carbonyl (C=O) groups is 1. The van der Waals surface area contributed by atoms with Crippen LogP contribution in [0.15, 0.2) is 56.8 Å². The second-order valence-electron chi connectivity index (χ2n) is 7.20. The Labute approximate surface area is 178 Å². The van der Waals surface area contributed by atoms with E-state index in [4.69, 9.17) is 0 Å². The fourth-order valence-corrected chi connectivity index (χ4v) is 5.29. The smallest absolute Gasteiger partial charge is 0.251 e. The molecule has 0 atom stereocenters. The summed E-state index contributed by atoms with van der Waals surface area (Å²) in [6.07, 6.45) is 6.58. The molecule has 9 heteroatoms. The molecular weight excluding hydrogens is 458 g/mol. The molecule has 1 aromatic heterocycles. The number of benzene rings is 1. The summed E-state index contributed by atoms with van der Waals surface area (Å²) in [6.45, 7) is -0.136. The van der Waals surface area contributed by atoms with Gasteiger partial charge in [-0.2, -0.15) is 4.31 Å². The van der Waals surface area contributed by atoms with Crippen LogP contribution in [-0.4, -0.2) is 36.3 Å². The van der Waals surface area contributed by atoms with E-state index in [-0.39, 0.29) is 28.9 Å². The minimum absolute atomic E-state index is 0.0386. The molecule has 1 aromatic carbocycles. The van der Waals surface area contributed by atoms with Crippen molar-refractivity contribution in [1.29, 1.82) is 0 Å². The van der Waals surface area contributed by atoms with Crippen LogP contribution in [0.3, 0.4) is 0 Å². The number of pyridine rings is 1. The van der Waals surface area contributed by atoms with Crippen LogP contribution in [0.25, 0.3) is 0 Å². The first-order valence-electron chi connectivity index (χ1n) is 9.51. The molecule has 0 unspecified atom stereocenters. The Kier molecular flexibility index (Phi) is 6.92. The van der Waals surface area contributed by atoms with Crippen molar-refractivity contribution >= 4 is 37.5 Å². The zero-order chi connectivity index (χ0) is 21.0. The minimum atomic E-state index is -3.57. The molecule has 1 saturated carbocycles. The second-order valence-corrected chi connectivity index (χ2v) is 10.1. The molecule has 0 spiro atoms. The van der Waals surface area contributed by atoms with Gasteiger partial charge in [-0.25, -0.2) is 8.42 Å². The SMILES string of the molecule is CN(C1CCCCC1)S(=O)(=O)c1ccc(NC(=O)Cn2cc(Br)ccc2=O)cc1. The minimum Gasteiger partial charge on any atom is -0.325 e. The fraction of sp³-hybridized carbons (Fsp3) is 0.400. The van der Waals surface area contributed by atoms with Gasteiger partial charge in [0.1, 0.15) is 6.54 Å². The molecule has 0 bridgehead atoms. The molecule has 156 valence electrons. The third-order valence-electron chi connectivity index (χ3n) is 5.17. The summed E-state index contributed by atoms with van der Waals surface area (Å²) < 4.78 is 29.2. The number of amides is 1. The van der Waals surface area contributed by atoms with Gasteiger partial charge < -0.3 is 9.88 Å². The van der Waals surface area contributed by atoms with Crippen molar-refractivity contribution in [2.75, 3.05) is 12.4 Å². The zero-order valence-electron chi connectivity index (χ0n) is 16.2. The van der Waals surface area contributed by atoms with Gasteiger partial charge in [0.25, 0.3) is 5.56 Å². The van der Waals surface area contributed by atoms with Gasteiger partial charge in [-0.3, -0.25) is 9.59 Å². The predicted octanol–water partition coefficient (Wildman–Crippen LogP) is 3.20. The number of sulfonamides is 1. The number of halogens is 1. The predicted molar refractivity (Wildman–Crippen MR) is 115 cm³/mol. The van der Waals surface area contributed by atoms with Gasteiger partial charge in [0.2, 0.25) is 15.9 Å². The van der Waals surface area contributed by atoms with Crippen molar-refractivity contribution in [3.05, 3.63) is 57.4 Å². The third kappa shape index (κ3) is 5.34. The Morgan fingerprint density at radius 2 is 1.79 bits per heavy atom. The van der Waals surface area contributed by atoms with Gasteiger partial charge in [0.15, 0.2) is 0 Å². The van der Waals surface area contributed by atoms with E-state index in [9.17, 15) is 18.0 Å². The fourth-order valence-electron chi connectivity index (χ4n) is 3.50. The first-order valence-corrected chi connectivity index (χ1v) is 11.7. The van der Waals surface area contributed by atoms with E-state index >= 15 is 0 Å². The molecule has 1 heterocycles. The lowest BCUT2D eigenvalue weighted by Crippen LogP contribution is -2.38. The highest BCUT2D eigenvalue weighted by Gasteiger charge is 2.28. The molecule has 0 saturated heterocycles. The van der Waals surface area contributed by atoms with Crippen molar-refractivity contribution in [2.24, 2.45) is 0 Å². The Morgan fingerprint density at radius 3 is 2.45 bits per heavy atom.